The molecule has 1 aromatic carbocycles. The molecule has 27 heavy (non-hydrogen) atoms. The third-order valence-corrected chi connectivity index (χ3v) is 6.10. The van der Waals surface area contributed by atoms with E-state index in [0.29, 0.717) is 13.0 Å². The van der Waals surface area contributed by atoms with E-state index in [1.54, 1.807) is 11.2 Å². The van der Waals surface area contributed by atoms with Crippen molar-refractivity contribution in [1.29, 1.82) is 0 Å². The molecule has 1 fully saturated rings. The first kappa shape index (κ1) is 16.2. The van der Waals surface area contributed by atoms with Crippen molar-refractivity contribution in [3.05, 3.63) is 47.4 Å². The molecular weight excluding hydrogens is 342 g/mol. The molecule has 5 rings (SSSR count). The molecule has 2 amide bonds. The van der Waals surface area contributed by atoms with E-state index in [-0.39, 0.29) is 12.5 Å². The van der Waals surface area contributed by atoms with Crippen LogP contribution >= 0.6 is 0 Å². The smallest absolute Gasteiger partial charge is 0.240 e. The number of anilines is 2. The Hall–Kier alpha value is -2.96. The lowest BCUT2D eigenvalue weighted by molar-refractivity contribution is -0.124. The summed E-state index contributed by atoms with van der Waals surface area (Å²) in [6, 6.07) is 7.74. The van der Waals surface area contributed by atoms with E-state index in [1.165, 1.54) is 5.56 Å². The van der Waals surface area contributed by atoms with Crippen molar-refractivity contribution < 1.29 is 9.59 Å². The number of aryl methyl sites for hydroxylation is 1. The Morgan fingerprint density at radius 1 is 1.22 bits per heavy atom. The zero-order valence-electron chi connectivity index (χ0n) is 15.0. The summed E-state index contributed by atoms with van der Waals surface area (Å²) in [5.74, 6) is 0.433. The third-order valence-electron chi connectivity index (χ3n) is 6.10. The molecule has 2 N–H and O–H groups in total. The highest BCUT2D eigenvalue weighted by atomic mass is 16.2. The zero-order valence-corrected chi connectivity index (χ0v) is 15.0. The van der Waals surface area contributed by atoms with Crippen LogP contribution in [0.3, 0.4) is 0 Å². The number of amides is 2. The molecule has 1 aromatic heterocycles. The van der Waals surface area contributed by atoms with E-state index in [1.807, 2.05) is 24.3 Å². The highest BCUT2D eigenvalue weighted by Crippen LogP contribution is 2.48. The van der Waals surface area contributed by atoms with E-state index >= 15 is 0 Å². The molecule has 1 spiro atoms. The van der Waals surface area contributed by atoms with Crippen LogP contribution in [0.4, 0.5) is 11.5 Å². The van der Waals surface area contributed by atoms with Crippen molar-refractivity contribution in [2.45, 2.75) is 31.1 Å². The van der Waals surface area contributed by atoms with E-state index in [9.17, 15) is 9.59 Å². The number of nitrogens with zero attached hydrogens (tertiary/aromatic N) is 4. The van der Waals surface area contributed by atoms with Gasteiger partial charge >= 0.3 is 0 Å². The summed E-state index contributed by atoms with van der Waals surface area (Å²) in [6.45, 7) is 1.25. The number of hydrogen-bond acceptors (Lipinski definition) is 5. The number of nitrogens with two attached hydrogens (primary N) is 1. The maximum Gasteiger partial charge on any atom is 0.240 e. The van der Waals surface area contributed by atoms with E-state index in [2.05, 4.69) is 14.9 Å². The normalized spacial score (nSPS) is 23.2. The molecule has 3 heterocycles. The van der Waals surface area contributed by atoms with Crippen molar-refractivity contribution in [2.75, 3.05) is 29.4 Å². The number of fused-ring (bicyclic) bond motifs is 3. The van der Waals surface area contributed by atoms with Crippen LogP contribution in [0.5, 0.6) is 0 Å². The van der Waals surface area contributed by atoms with Crippen LogP contribution < -0.4 is 15.5 Å². The van der Waals surface area contributed by atoms with Crippen LogP contribution in [-0.2, 0) is 27.8 Å². The van der Waals surface area contributed by atoms with Crippen molar-refractivity contribution in [1.82, 2.24) is 9.97 Å². The van der Waals surface area contributed by atoms with Crippen LogP contribution in [0.15, 0.2) is 30.6 Å². The summed E-state index contributed by atoms with van der Waals surface area (Å²) in [5.41, 5.74) is 8.91. The molecule has 1 atom stereocenters. The van der Waals surface area contributed by atoms with Gasteiger partial charge in [-0.05, 0) is 37.3 Å². The highest BCUT2D eigenvalue weighted by Gasteiger charge is 2.55. The minimum absolute atomic E-state index is 0.0318. The topological polar surface area (TPSA) is 92.4 Å². The van der Waals surface area contributed by atoms with Gasteiger partial charge in [0, 0.05) is 30.0 Å². The van der Waals surface area contributed by atoms with Crippen LogP contribution in [-0.4, -0.2) is 41.4 Å². The number of carbonyl (C=O) groups is 2. The third kappa shape index (κ3) is 2.27. The lowest BCUT2D eigenvalue weighted by Gasteiger charge is -2.25. The Morgan fingerprint density at radius 3 is 2.93 bits per heavy atom. The minimum atomic E-state index is -0.636. The van der Waals surface area contributed by atoms with Gasteiger partial charge in [-0.1, -0.05) is 18.2 Å². The van der Waals surface area contributed by atoms with Gasteiger partial charge in [0.05, 0.1) is 5.41 Å². The van der Waals surface area contributed by atoms with Gasteiger partial charge < -0.3 is 15.5 Å². The fourth-order valence-electron chi connectivity index (χ4n) is 4.91. The SMILES string of the molecule is NC(=O)CN1C(=O)C2(CCN(c3ncnc4c3CCC4)C2)c2ccccc21. The molecule has 7 heteroatoms. The predicted octanol–water partition coefficient (Wildman–Crippen LogP) is 0.945. The summed E-state index contributed by atoms with van der Waals surface area (Å²) in [6.07, 6.45) is 5.44. The molecular formula is C20H21N5O2. The number of hydrogen-bond donors (Lipinski definition) is 1. The number of aromatic nitrogens is 2. The van der Waals surface area contributed by atoms with Crippen LogP contribution in [0.1, 0.15) is 29.7 Å². The molecule has 0 radical (unpaired) electrons. The molecule has 2 aromatic rings. The largest absolute Gasteiger partial charge is 0.368 e. The number of rotatable bonds is 3. The van der Waals surface area contributed by atoms with Crippen LogP contribution in [0.25, 0.3) is 0 Å². The van der Waals surface area contributed by atoms with Gasteiger partial charge in [0.2, 0.25) is 11.8 Å². The maximum atomic E-state index is 13.4. The molecule has 138 valence electrons. The summed E-state index contributed by atoms with van der Waals surface area (Å²) in [7, 11) is 0. The van der Waals surface area contributed by atoms with Crippen molar-refractivity contribution in [2.24, 2.45) is 5.73 Å². The second-order valence-electron chi connectivity index (χ2n) is 7.60. The lowest BCUT2D eigenvalue weighted by atomic mass is 9.81. The molecule has 7 nitrogen and oxygen atoms in total. The standard InChI is InChI=1S/C20H21N5O2/c21-17(26)10-25-16-7-2-1-5-14(16)20(19(25)27)8-9-24(11-20)18-13-4-3-6-15(13)22-12-23-18/h1-2,5,7,12H,3-4,6,8-11H2,(H2,21,26). The van der Waals surface area contributed by atoms with Gasteiger partial charge in [-0.2, -0.15) is 0 Å². The average molecular weight is 363 g/mol. The Bertz CT molecular complexity index is 959. The number of primary amides is 1. The predicted molar refractivity (Wildman–Crippen MR) is 101 cm³/mol. The molecule has 0 bridgehead atoms. The first-order chi connectivity index (χ1) is 13.1. The first-order valence-electron chi connectivity index (χ1n) is 9.38. The molecule has 1 aliphatic carbocycles. The number of benzene rings is 1. The van der Waals surface area contributed by atoms with E-state index in [4.69, 9.17) is 5.73 Å². The van der Waals surface area contributed by atoms with Gasteiger partial charge in [-0.3, -0.25) is 9.59 Å². The van der Waals surface area contributed by atoms with Crippen molar-refractivity contribution >= 4 is 23.3 Å². The summed E-state index contributed by atoms with van der Waals surface area (Å²) in [5, 5.41) is 0. The first-order valence-corrected chi connectivity index (χ1v) is 9.38. The monoisotopic (exact) mass is 363 g/mol. The zero-order chi connectivity index (χ0) is 18.6. The van der Waals surface area contributed by atoms with E-state index in [0.717, 1.165) is 48.6 Å². The Balaban J connectivity index is 1.54. The summed E-state index contributed by atoms with van der Waals surface area (Å²) < 4.78 is 0. The second-order valence-corrected chi connectivity index (χ2v) is 7.60. The Morgan fingerprint density at radius 2 is 2.07 bits per heavy atom. The van der Waals surface area contributed by atoms with Gasteiger partial charge in [0.25, 0.3) is 0 Å². The minimum Gasteiger partial charge on any atom is -0.368 e. The van der Waals surface area contributed by atoms with Gasteiger partial charge in [0.15, 0.2) is 0 Å². The lowest BCUT2D eigenvalue weighted by Crippen LogP contribution is -2.45. The molecule has 3 aliphatic rings. The highest BCUT2D eigenvalue weighted by molar-refractivity contribution is 6.11. The van der Waals surface area contributed by atoms with Gasteiger partial charge in [-0.15, -0.1) is 0 Å². The molecule has 1 unspecified atom stereocenters. The number of carbonyl (C=O) groups excluding carboxylic acids is 2. The van der Waals surface area contributed by atoms with Crippen molar-refractivity contribution in [3.8, 4) is 0 Å². The fraction of sp³-hybridized carbons (Fsp3) is 0.400. The number of para-hydroxylation sites is 1. The van der Waals surface area contributed by atoms with Crippen LogP contribution in [0.2, 0.25) is 0 Å². The molecule has 1 saturated heterocycles. The van der Waals surface area contributed by atoms with Crippen LogP contribution in [0, 0.1) is 0 Å². The van der Waals surface area contributed by atoms with Crippen molar-refractivity contribution in [3.63, 3.8) is 0 Å². The Labute approximate surface area is 157 Å². The summed E-state index contributed by atoms with van der Waals surface area (Å²) in [4.78, 5) is 37.6. The quantitative estimate of drug-likeness (QED) is 0.876. The molecule has 0 saturated carbocycles. The second kappa shape index (κ2) is 5.77. The maximum absolute atomic E-state index is 13.4. The average Bonchev–Trinajstić information content (AvgIpc) is 3.37. The van der Waals surface area contributed by atoms with E-state index < -0.39 is 11.3 Å². The molecule has 2 aliphatic heterocycles. The van der Waals surface area contributed by atoms with Gasteiger partial charge in [0.1, 0.15) is 18.7 Å². The fourth-order valence-corrected chi connectivity index (χ4v) is 4.91. The summed E-state index contributed by atoms with van der Waals surface area (Å²) >= 11 is 0. The Kier molecular flexibility index (Phi) is 3.47. The van der Waals surface area contributed by atoms with Gasteiger partial charge in [-0.25, -0.2) is 9.97 Å².